The number of aliphatic hydroxyl groups is 1. The standard InChI is InChI=1S/C19H15N3O5/c1-8(23)27-16-11-6-12(15(16)24)14-13(11)7-20-19(21-14)22-17(25)9-4-2-3-5-10(9)18(22)26/h2-5,7,11-12,15-16,24H,6H2,1H3/t11-,12+,15+,16-/m0/s1. The van der Waals surface area contributed by atoms with Gasteiger partial charge in [-0.05, 0) is 24.1 Å². The molecule has 2 heterocycles. The fraction of sp³-hybridized carbons (Fsp3) is 0.316. The van der Waals surface area contributed by atoms with Crippen molar-refractivity contribution in [1.29, 1.82) is 0 Å². The van der Waals surface area contributed by atoms with Gasteiger partial charge in [0.05, 0.1) is 22.9 Å². The quantitative estimate of drug-likeness (QED) is 0.628. The Bertz CT molecular complexity index is 985. The minimum absolute atomic E-state index is 0.00346. The molecule has 0 saturated heterocycles. The van der Waals surface area contributed by atoms with E-state index in [9.17, 15) is 19.5 Å². The summed E-state index contributed by atoms with van der Waals surface area (Å²) in [5.74, 6) is -1.86. The molecule has 2 aliphatic carbocycles. The molecule has 4 atom stereocenters. The predicted octanol–water partition coefficient (Wildman–Crippen LogP) is 1.15. The summed E-state index contributed by atoms with van der Waals surface area (Å²) in [6, 6.07) is 6.58. The van der Waals surface area contributed by atoms with E-state index in [-0.39, 0.29) is 17.8 Å². The van der Waals surface area contributed by atoms with Gasteiger partial charge in [0.25, 0.3) is 11.8 Å². The summed E-state index contributed by atoms with van der Waals surface area (Å²) in [5, 5.41) is 10.5. The Morgan fingerprint density at radius 1 is 1.19 bits per heavy atom. The van der Waals surface area contributed by atoms with Crippen LogP contribution in [0.2, 0.25) is 0 Å². The van der Waals surface area contributed by atoms with Gasteiger partial charge in [0.15, 0.2) is 0 Å². The van der Waals surface area contributed by atoms with Crippen LogP contribution in [-0.2, 0) is 9.53 Å². The Balaban J connectivity index is 1.52. The van der Waals surface area contributed by atoms with Crippen molar-refractivity contribution in [2.45, 2.75) is 37.4 Å². The minimum Gasteiger partial charge on any atom is -0.459 e. The van der Waals surface area contributed by atoms with Crippen LogP contribution in [-0.4, -0.2) is 45.1 Å². The first-order chi connectivity index (χ1) is 13.0. The molecule has 8 heteroatoms. The van der Waals surface area contributed by atoms with Gasteiger partial charge in [0, 0.05) is 25.0 Å². The number of aromatic nitrogens is 2. The summed E-state index contributed by atoms with van der Waals surface area (Å²) >= 11 is 0. The molecule has 8 nitrogen and oxygen atoms in total. The first kappa shape index (κ1) is 16.1. The number of carbonyl (C=O) groups is 3. The first-order valence-electron chi connectivity index (χ1n) is 8.67. The number of fused-ring (bicyclic) bond motifs is 6. The summed E-state index contributed by atoms with van der Waals surface area (Å²) < 4.78 is 5.26. The number of nitrogens with zero attached hydrogens (tertiary/aromatic N) is 3. The Morgan fingerprint density at radius 2 is 1.85 bits per heavy atom. The highest BCUT2D eigenvalue weighted by atomic mass is 16.6. The lowest BCUT2D eigenvalue weighted by molar-refractivity contribution is -0.152. The van der Waals surface area contributed by atoms with Crippen molar-refractivity contribution in [2.24, 2.45) is 0 Å². The van der Waals surface area contributed by atoms with Crippen molar-refractivity contribution in [1.82, 2.24) is 9.97 Å². The Hall–Kier alpha value is -3.13. The predicted molar refractivity (Wildman–Crippen MR) is 91.3 cm³/mol. The lowest BCUT2D eigenvalue weighted by Gasteiger charge is -2.28. The summed E-state index contributed by atoms with van der Waals surface area (Å²) in [6.45, 7) is 1.31. The smallest absolute Gasteiger partial charge is 0.303 e. The van der Waals surface area contributed by atoms with Gasteiger partial charge in [0.1, 0.15) is 6.10 Å². The van der Waals surface area contributed by atoms with Crippen LogP contribution in [0, 0.1) is 0 Å². The summed E-state index contributed by atoms with van der Waals surface area (Å²) in [4.78, 5) is 46.2. The molecular weight excluding hydrogens is 350 g/mol. The van der Waals surface area contributed by atoms with Gasteiger partial charge in [-0.25, -0.2) is 14.9 Å². The molecule has 1 aromatic heterocycles. The number of rotatable bonds is 2. The average molecular weight is 365 g/mol. The van der Waals surface area contributed by atoms with Crippen molar-refractivity contribution in [2.75, 3.05) is 4.90 Å². The third-order valence-corrected chi connectivity index (χ3v) is 5.54. The number of aliphatic hydroxyl groups excluding tert-OH is 1. The Kier molecular flexibility index (Phi) is 3.23. The summed E-state index contributed by atoms with van der Waals surface area (Å²) in [5.41, 5.74) is 2.04. The molecule has 1 saturated carbocycles. The molecule has 136 valence electrons. The molecule has 1 fully saturated rings. The molecule has 1 aliphatic heterocycles. The Labute approximate surface area is 153 Å². The highest BCUT2D eigenvalue weighted by Crippen LogP contribution is 2.53. The number of anilines is 1. The van der Waals surface area contributed by atoms with E-state index in [0.29, 0.717) is 23.2 Å². The van der Waals surface area contributed by atoms with E-state index >= 15 is 0 Å². The number of esters is 1. The van der Waals surface area contributed by atoms with Gasteiger partial charge in [-0.2, -0.15) is 0 Å². The molecule has 2 aromatic rings. The third kappa shape index (κ3) is 2.10. The lowest BCUT2D eigenvalue weighted by atomic mass is 9.92. The molecule has 0 spiro atoms. The Morgan fingerprint density at radius 3 is 2.48 bits per heavy atom. The first-order valence-corrected chi connectivity index (χ1v) is 8.67. The second kappa shape index (κ2) is 5.43. The van der Waals surface area contributed by atoms with Gasteiger partial charge in [0.2, 0.25) is 5.95 Å². The van der Waals surface area contributed by atoms with Crippen LogP contribution in [0.15, 0.2) is 30.5 Å². The molecule has 27 heavy (non-hydrogen) atoms. The van der Waals surface area contributed by atoms with E-state index in [0.717, 1.165) is 10.5 Å². The normalized spacial score (nSPS) is 27.7. The van der Waals surface area contributed by atoms with Crippen LogP contribution in [0.3, 0.4) is 0 Å². The van der Waals surface area contributed by atoms with Gasteiger partial charge in [-0.15, -0.1) is 0 Å². The molecule has 2 bridgehead atoms. The van der Waals surface area contributed by atoms with E-state index in [1.165, 1.54) is 6.92 Å². The van der Waals surface area contributed by atoms with Crippen molar-refractivity contribution < 1.29 is 24.2 Å². The molecule has 5 rings (SSSR count). The molecule has 0 unspecified atom stereocenters. The zero-order valence-corrected chi connectivity index (χ0v) is 14.3. The van der Waals surface area contributed by atoms with E-state index in [2.05, 4.69) is 9.97 Å². The second-order valence-corrected chi connectivity index (χ2v) is 7.02. The number of hydrogen-bond donors (Lipinski definition) is 1. The highest BCUT2D eigenvalue weighted by Gasteiger charge is 2.54. The molecular formula is C19H15N3O5. The van der Waals surface area contributed by atoms with E-state index in [4.69, 9.17) is 4.74 Å². The van der Waals surface area contributed by atoms with Gasteiger partial charge >= 0.3 is 5.97 Å². The van der Waals surface area contributed by atoms with Gasteiger partial charge < -0.3 is 9.84 Å². The number of benzene rings is 1. The van der Waals surface area contributed by atoms with Crippen molar-refractivity contribution in [3.05, 3.63) is 52.8 Å². The third-order valence-electron chi connectivity index (χ3n) is 5.54. The molecule has 1 aromatic carbocycles. The van der Waals surface area contributed by atoms with Crippen molar-refractivity contribution in [3.63, 3.8) is 0 Å². The molecule has 1 N–H and O–H groups in total. The maximum Gasteiger partial charge on any atom is 0.303 e. The summed E-state index contributed by atoms with van der Waals surface area (Å²) in [7, 11) is 0. The topological polar surface area (TPSA) is 110 Å². The lowest BCUT2D eigenvalue weighted by Crippen LogP contribution is -2.36. The SMILES string of the molecule is CC(=O)O[C@@H]1[C@H](O)[C@@H]2C[C@H]1c1cnc(N3C(=O)c4ccccc4C3=O)nc12. The zero-order chi connectivity index (χ0) is 18.9. The largest absolute Gasteiger partial charge is 0.459 e. The van der Waals surface area contributed by atoms with E-state index in [1.54, 1.807) is 30.5 Å². The maximum absolute atomic E-state index is 12.6. The molecule has 3 aliphatic rings. The van der Waals surface area contributed by atoms with Crippen LogP contribution in [0.1, 0.15) is 57.2 Å². The van der Waals surface area contributed by atoms with Crippen LogP contribution < -0.4 is 4.90 Å². The number of imide groups is 1. The van der Waals surface area contributed by atoms with E-state index in [1.807, 2.05) is 0 Å². The van der Waals surface area contributed by atoms with Crippen molar-refractivity contribution >= 4 is 23.7 Å². The number of carbonyl (C=O) groups excluding carboxylic acids is 3. The van der Waals surface area contributed by atoms with E-state index < -0.39 is 30.0 Å². The van der Waals surface area contributed by atoms with Gasteiger partial charge in [-0.1, -0.05) is 12.1 Å². The van der Waals surface area contributed by atoms with Crippen LogP contribution in [0.25, 0.3) is 0 Å². The molecule has 2 amide bonds. The zero-order valence-electron chi connectivity index (χ0n) is 14.3. The van der Waals surface area contributed by atoms with Crippen LogP contribution >= 0.6 is 0 Å². The average Bonchev–Trinajstić information content (AvgIpc) is 3.25. The molecule has 0 radical (unpaired) electrons. The fourth-order valence-electron chi connectivity index (χ4n) is 4.39. The summed E-state index contributed by atoms with van der Waals surface area (Å²) in [6.07, 6.45) is 0.674. The number of hydrogen-bond acceptors (Lipinski definition) is 7. The fourth-order valence-corrected chi connectivity index (χ4v) is 4.39. The van der Waals surface area contributed by atoms with Crippen molar-refractivity contribution in [3.8, 4) is 0 Å². The monoisotopic (exact) mass is 365 g/mol. The minimum atomic E-state index is -0.865. The highest BCUT2D eigenvalue weighted by molar-refractivity contribution is 6.33. The van der Waals surface area contributed by atoms with Crippen LogP contribution in [0.4, 0.5) is 5.95 Å². The maximum atomic E-state index is 12.6. The van der Waals surface area contributed by atoms with Gasteiger partial charge in [-0.3, -0.25) is 14.4 Å². The second-order valence-electron chi connectivity index (χ2n) is 7.02. The van der Waals surface area contributed by atoms with Crippen LogP contribution in [0.5, 0.6) is 0 Å². The number of amides is 2. The number of ether oxygens (including phenoxy) is 1.